The van der Waals surface area contributed by atoms with E-state index >= 15 is 0 Å². The number of benzene rings is 2. The van der Waals surface area contributed by atoms with E-state index in [1.54, 1.807) is 24.1 Å². The molecule has 0 bridgehead atoms. The van der Waals surface area contributed by atoms with Crippen molar-refractivity contribution in [2.24, 2.45) is 0 Å². The number of likely N-dealkylation sites (tertiary alicyclic amines) is 1. The Morgan fingerprint density at radius 1 is 1.03 bits per heavy atom. The quantitative estimate of drug-likeness (QED) is 0.298. The first-order valence-corrected chi connectivity index (χ1v) is 12.8. The summed E-state index contributed by atoms with van der Waals surface area (Å²) in [5.41, 5.74) is 2.07. The van der Waals surface area contributed by atoms with Gasteiger partial charge in [-0.05, 0) is 68.0 Å². The van der Waals surface area contributed by atoms with Gasteiger partial charge in [0.05, 0.1) is 24.8 Å². The van der Waals surface area contributed by atoms with Gasteiger partial charge in [-0.2, -0.15) is 0 Å². The summed E-state index contributed by atoms with van der Waals surface area (Å²) in [4.78, 5) is 28.5. The SMILES string of the molecule is COc1ccc(/C(O)=C2/C(=O)C(=O)N(C3CCCC3)C2c2ccc(OC(C)C)cc2)cc1C(C)(C)C. The van der Waals surface area contributed by atoms with Crippen molar-refractivity contribution in [2.45, 2.75) is 83.9 Å². The molecule has 2 aromatic rings. The predicted octanol–water partition coefficient (Wildman–Crippen LogP) is 6.14. The highest BCUT2D eigenvalue weighted by atomic mass is 16.5. The summed E-state index contributed by atoms with van der Waals surface area (Å²) in [6, 6.07) is 12.2. The zero-order valence-corrected chi connectivity index (χ0v) is 22.1. The number of carbonyl (C=O) groups excluding carboxylic acids is 2. The zero-order valence-electron chi connectivity index (χ0n) is 22.1. The number of ether oxygens (including phenoxy) is 2. The third kappa shape index (κ3) is 4.86. The van der Waals surface area contributed by atoms with Crippen molar-refractivity contribution >= 4 is 17.4 Å². The van der Waals surface area contributed by atoms with Crippen molar-refractivity contribution in [3.05, 3.63) is 64.7 Å². The van der Waals surface area contributed by atoms with Gasteiger partial charge in [0.1, 0.15) is 17.3 Å². The maximum absolute atomic E-state index is 13.4. The third-order valence-corrected chi connectivity index (χ3v) is 7.05. The minimum Gasteiger partial charge on any atom is -0.507 e. The summed E-state index contributed by atoms with van der Waals surface area (Å²) in [5.74, 6) is 0.0920. The van der Waals surface area contributed by atoms with Crippen LogP contribution in [0, 0.1) is 0 Å². The number of Topliss-reactive ketones (excluding diaryl/α,β-unsaturated/α-hetero) is 1. The molecule has 2 fully saturated rings. The summed E-state index contributed by atoms with van der Waals surface area (Å²) >= 11 is 0. The Labute approximate surface area is 213 Å². The topological polar surface area (TPSA) is 76.1 Å². The molecular weight excluding hydrogens is 454 g/mol. The number of methoxy groups -OCH3 is 1. The highest BCUT2D eigenvalue weighted by molar-refractivity contribution is 6.46. The van der Waals surface area contributed by atoms with Gasteiger partial charge in [-0.1, -0.05) is 45.7 Å². The number of aliphatic hydroxyl groups excluding tert-OH is 1. The first kappa shape index (κ1) is 25.8. The van der Waals surface area contributed by atoms with Crippen molar-refractivity contribution in [1.82, 2.24) is 4.90 Å². The van der Waals surface area contributed by atoms with Gasteiger partial charge in [-0.25, -0.2) is 0 Å². The van der Waals surface area contributed by atoms with Crippen LogP contribution in [0.5, 0.6) is 11.5 Å². The number of aliphatic hydroxyl groups is 1. The van der Waals surface area contributed by atoms with Crippen LogP contribution < -0.4 is 9.47 Å². The number of amides is 1. The van der Waals surface area contributed by atoms with Crippen LogP contribution in [-0.2, 0) is 15.0 Å². The first-order valence-electron chi connectivity index (χ1n) is 12.8. The van der Waals surface area contributed by atoms with Crippen molar-refractivity contribution in [2.75, 3.05) is 7.11 Å². The van der Waals surface area contributed by atoms with E-state index < -0.39 is 17.7 Å². The van der Waals surface area contributed by atoms with Crippen LogP contribution in [0.25, 0.3) is 5.76 Å². The molecule has 1 unspecified atom stereocenters. The fourth-order valence-electron chi connectivity index (χ4n) is 5.33. The number of hydrogen-bond donors (Lipinski definition) is 1. The lowest BCUT2D eigenvalue weighted by atomic mass is 9.84. The minimum atomic E-state index is -0.651. The van der Waals surface area contributed by atoms with Crippen molar-refractivity contribution < 1.29 is 24.2 Å². The highest BCUT2D eigenvalue weighted by Gasteiger charge is 2.49. The lowest BCUT2D eigenvalue weighted by Gasteiger charge is -2.31. The molecule has 1 amide bonds. The van der Waals surface area contributed by atoms with Gasteiger partial charge >= 0.3 is 0 Å². The molecule has 0 radical (unpaired) electrons. The molecule has 1 heterocycles. The Balaban J connectivity index is 1.86. The summed E-state index contributed by atoms with van der Waals surface area (Å²) in [5, 5.41) is 11.5. The van der Waals surface area contributed by atoms with E-state index in [-0.39, 0.29) is 28.9 Å². The third-order valence-electron chi connectivity index (χ3n) is 7.05. The number of hydrogen-bond acceptors (Lipinski definition) is 5. The lowest BCUT2D eigenvalue weighted by molar-refractivity contribution is -0.141. The second-order valence-corrected chi connectivity index (χ2v) is 11.0. The van der Waals surface area contributed by atoms with Crippen LogP contribution in [-0.4, -0.2) is 41.0 Å². The van der Waals surface area contributed by atoms with Gasteiger partial charge in [0.25, 0.3) is 11.7 Å². The summed E-state index contributed by atoms with van der Waals surface area (Å²) < 4.78 is 11.3. The van der Waals surface area contributed by atoms with Gasteiger partial charge in [-0.15, -0.1) is 0 Å². The highest BCUT2D eigenvalue weighted by Crippen LogP contribution is 2.44. The number of rotatable bonds is 6. The molecule has 1 aliphatic heterocycles. The summed E-state index contributed by atoms with van der Waals surface area (Å²) in [6.07, 6.45) is 3.79. The Kier molecular flexibility index (Phi) is 7.17. The van der Waals surface area contributed by atoms with Gasteiger partial charge < -0.3 is 19.5 Å². The fraction of sp³-hybridized carbons (Fsp3) is 0.467. The van der Waals surface area contributed by atoms with E-state index in [0.717, 1.165) is 42.6 Å². The average molecular weight is 492 g/mol. The van der Waals surface area contributed by atoms with Gasteiger partial charge in [0.15, 0.2) is 0 Å². The number of ketones is 1. The molecule has 6 heteroatoms. The molecule has 4 rings (SSSR count). The zero-order chi connectivity index (χ0) is 26.2. The average Bonchev–Trinajstić information content (AvgIpc) is 3.44. The number of carbonyl (C=O) groups is 2. The van der Waals surface area contributed by atoms with Crippen molar-refractivity contribution in [3.8, 4) is 11.5 Å². The lowest BCUT2D eigenvalue weighted by Crippen LogP contribution is -2.37. The van der Waals surface area contributed by atoms with Crippen LogP contribution in [0.4, 0.5) is 0 Å². The van der Waals surface area contributed by atoms with Crippen LogP contribution in [0.15, 0.2) is 48.0 Å². The molecule has 1 saturated carbocycles. The van der Waals surface area contributed by atoms with Gasteiger partial charge in [0, 0.05) is 17.2 Å². The van der Waals surface area contributed by atoms with E-state index in [4.69, 9.17) is 9.47 Å². The standard InChI is InChI=1S/C30H37NO5/c1-18(2)36-22-14-11-19(12-15-22)26-25(28(33)29(34)31(26)21-9-7-8-10-21)27(32)20-13-16-24(35-6)23(17-20)30(3,4)5/h11-18,21,26,32H,7-10H2,1-6H3/b27-25-. The summed E-state index contributed by atoms with van der Waals surface area (Å²) in [7, 11) is 1.61. The second kappa shape index (κ2) is 10.00. The Hall–Kier alpha value is -3.28. The van der Waals surface area contributed by atoms with Crippen LogP contribution in [0.1, 0.15) is 83.0 Å². The first-order chi connectivity index (χ1) is 17.0. The Morgan fingerprint density at radius 3 is 2.22 bits per heavy atom. The molecule has 36 heavy (non-hydrogen) atoms. The molecule has 1 atom stereocenters. The monoisotopic (exact) mass is 491 g/mol. The van der Waals surface area contributed by atoms with E-state index in [2.05, 4.69) is 20.8 Å². The Morgan fingerprint density at radius 2 is 1.67 bits per heavy atom. The molecule has 1 N–H and O–H groups in total. The molecule has 2 aliphatic rings. The van der Waals surface area contributed by atoms with Crippen LogP contribution >= 0.6 is 0 Å². The smallest absolute Gasteiger partial charge is 0.295 e. The molecule has 0 spiro atoms. The van der Waals surface area contributed by atoms with E-state index in [1.165, 1.54) is 0 Å². The molecule has 2 aromatic carbocycles. The molecule has 192 valence electrons. The minimum absolute atomic E-state index is 0.0238. The second-order valence-electron chi connectivity index (χ2n) is 11.0. The van der Waals surface area contributed by atoms with Crippen LogP contribution in [0.3, 0.4) is 0 Å². The fourth-order valence-corrected chi connectivity index (χ4v) is 5.33. The Bertz CT molecular complexity index is 1170. The summed E-state index contributed by atoms with van der Waals surface area (Å²) in [6.45, 7) is 10.1. The molecule has 6 nitrogen and oxygen atoms in total. The van der Waals surface area contributed by atoms with E-state index in [9.17, 15) is 14.7 Å². The van der Waals surface area contributed by atoms with Crippen molar-refractivity contribution in [3.63, 3.8) is 0 Å². The maximum atomic E-state index is 13.4. The van der Waals surface area contributed by atoms with Crippen LogP contribution in [0.2, 0.25) is 0 Å². The molecular formula is C30H37NO5. The normalized spacial score (nSPS) is 20.4. The molecule has 0 aromatic heterocycles. The molecule has 1 aliphatic carbocycles. The van der Waals surface area contributed by atoms with Gasteiger partial charge in [0.2, 0.25) is 0 Å². The van der Waals surface area contributed by atoms with E-state index in [0.29, 0.717) is 11.3 Å². The number of nitrogens with zero attached hydrogens (tertiary/aromatic N) is 1. The van der Waals surface area contributed by atoms with E-state index in [1.807, 2.05) is 44.2 Å². The van der Waals surface area contributed by atoms with Gasteiger partial charge in [-0.3, -0.25) is 9.59 Å². The maximum Gasteiger partial charge on any atom is 0.295 e. The largest absolute Gasteiger partial charge is 0.507 e. The predicted molar refractivity (Wildman–Crippen MR) is 140 cm³/mol. The van der Waals surface area contributed by atoms with Crippen molar-refractivity contribution in [1.29, 1.82) is 0 Å². The molecule has 1 saturated heterocycles.